The lowest BCUT2D eigenvalue weighted by atomic mass is 10.2. The van der Waals surface area contributed by atoms with Gasteiger partial charge in [-0.3, -0.25) is 14.2 Å². The van der Waals surface area contributed by atoms with E-state index in [-0.39, 0.29) is 18.7 Å². The number of carbonyl (C=O) groups is 2. The van der Waals surface area contributed by atoms with Crippen LogP contribution >= 0.6 is 11.3 Å². The van der Waals surface area contributed by atoms with Crippen molar-refractivity contribution in [3.63, 3.8) is 0 Å². The molecule has 1 aromatic carbocycles. The van der Waals surface area contributed by atoms with Crippen LogP contribution in [0.15, 0.2) is 41.5 Å². The van der Waals surface area contributed by atoms with Crippen molar-refractivity contribution in [1.29, 1.82) is 0 Å². The normalized spacial score (nSPS) is 10.8. The third kappa shape index (κ3) is 4.28. The third-order valence-electron chi connectivity index (χ3n) is 4.08. The maximum atomic E-state index is 12.7. The number of esters is 2. The molecule has 0 N–H and O–H groups in total. The van der Waals surface area contributed by atoms with Gasteiger partial charge >= 0.3 is 11.9 Å². The van der Waals surface area contributed by atoms with Gasteiger partial charge in [0.1, 0.15) is 22.9 Å². The number of aromatic nitrogens is 2. The highest BCUT2D eigenvalue weighted by Gasteiger charge is 2.21. The largest absolute Gasteiger partial charge is 0.464 e. The van der Waals surface area contributed by atoms with Crippen LogP contribution in [0.1, 0.15) is 34.1 Å². The van der Waals surface area contributed by atoms with Crippen molar-refractivity contribution < 1.29 is 19.1 Å². The van der Waals surface area contributed by atoms with Crippen LogP contribution in [0.5, 0.6) is 0 Å². The molecule has 0 aliphatic carbocycles. The Bertz CT molecular complexity index is 1060. The number of thiophene rings is 1. The van der Waals surface area contributed by atoms with Crippen molar-refractivity contribution in [2.75, 3.05) is 6.61 Å². The van der Waals surface area contributed by atoms with Crippen LogP contribution in [0.25, 0.3) is 10.2 Å². The Hall–Kier alpha value is -3.00. The molecule has 8 heteroatoms. The van der Waals surface area contributed by atoms with E-state index in [4.69, 9.17) is 9.47 Å². The quantitative estimate of drug-likeness (QED) is 0.567. The van der Waals surface area contributed by atoms with E-state index < -0.39 is 11.9 Å². The summed E-state index contributed by atoms with van der Waals surface area (Å²) in [6.45, 7) is 3.80. The first-order valence-corrected chi connectivity index (χ1v) is 9.68. The summed E-state index contributed by atoms with van der Waals surface area (Å²) in [5.41, 5.74) is 1.00. The molecule has 28 heavy (non-hydrogen) atoms. The van der Waals surface area contributed by atoms with E-state index in [0.29, 0.717) is 33.7 Å². The lowest BCUT2D eigenvalue weighted by Crippen LogP contribution is -2.25. The zero-order chi connectivity index (χ0) is 20.1. The summed E-state index contributed by atoms with van der Waals surface area (Å²) in [4.78, 5) is 42.0. The average molecular weight is 400 g/mol. The summed E-state index contributed by atoms with van der Waals surface area (Å²) < 4.78 is 11.6. The standard InChI is InChI=1S/C20H20N2O5S/c1-3-9-26-15(23)10-22-12-21-18-16(19(22)24)13(2)17(28-18)20(25)27-11-14-7-5-4-6-8-14/h4-8,12H,3,9-11H2,1-2H3. The summed E-state index contributed by atoms with van der Waals surface area (Å²) in [5, 5.41) is 0.322. The molecule has 0 bridgehead atoms. The molecule has 7 nitrogen and oxygen atoms in total. The second kappa shape index (κ2) is 8.79. The average Bonchev–Trinajstić information content (AvgIpc) is 3.05. The summed E-state index contributed by atoms with van der Waals surface area (Å²) in [5.74, 6) is -1.00. The van der Waals surface area contributed by atoms with Crippen molar-refractivity contribution in [2.24, 2.45) is 0 Å². The minimum Gasteiger partial charge on any atom is -0.464 e. The number of hydrogen-bond acceptors (Lipinski definition) is 7. The Morgan fingerprint density at radius 3 is 2.64 bits per heavy atom. The number of aryl methyl sites for hydroxylation is 1. The van der Waals surface area contributed by atoms with Crippen molar-refractivity contribution in [2.45, 2.75) is 33.4 Å². The maximum Gasteiger partial charge on any atom is 0.349 e. The molecule has 0 aliphatic heterocycles. The number of carbonyl (C=O) groups excluding carboxylic acids is 2. The Morgan fingerprint density at radius 1 is 1.18 bits per heavy atom. The van der Waals surface area contributed by atoms with Gasteiger partial charge in [0.15, 0.2) is 0 Å². The SMILES string of the molecule is CCCOC(=O)Cn1cnc2sc(C(=O)OCc3ccccc3)c(C)c2c1=O. The van der Waals surface area contributed by atoms with Crippen molar-refractivity contribution in [3.05, 3.63) is 63.0 Å². The van der Waals surface area contributed by atoms with Crippen LogP contribution in [0.2, 0.25) is 0 Å². The predicted octanol–water partition coefficient (Wildman–Crippen LogP) is 3.08. The van der Waals surface area contributed by atoms with Gasteiger partial charge in [-0.15, -0.1) is 11.3 Å². The molecular formula is C20H20N2O5S. The first-order valence-electron chi connectivity index (χ1n) is 8.86. The van der Waals surface area contributed by atoms with Crippen LogP contribution in [-0.2, 0) is 27.4 Å². The van der Waals surface area contributed by atoms with Gasteiger partial charge in [0.25, 0.3) is 5.56 Å². The molecule has 0 aliphatic rings. The van der Waals surface area contributed by atoms with Gasteiger partial charge in [-0.1, -0.05) is 37.3 Å². The van der Waals surface area contributed by atoms with E-state index in [1.165, 1.54) is 10.9 Å². The summed E-state index contributed by atoms with van der Waals surface area (Å²) >= 11 is 1.11. The van der Waals surface area contributed by atoms with Gasteiger partial charge in [0, 0.05) is 0 Å². The van der Waals surface area contributed by atoms with Gasteiger partial charge in [-0.25, -0.2) is 9.78 Å². The highest BCUT2D eigenvalue weighted by atomic mass is 32.1. The Kier molecular flexibility index (Phi) is 6.20. The molecule has 2 aromatic heterocycles. The molecule has 146 valence electrons. The van der Waals surface area contributed by atoms with E-state index in [1.807, 2.05) is 37.3 Å². The highest BCUT2D eigenvalue weighted by molar-refractivity contribution is 7.20. The monoisotopic (exact) mass is 400 g/mol. The summed E-state index contributed by atoms with van der Waals surface area (Å²) in [6.07, 6.45) is 2.00. The van der Waals surface area contributed by atoms with Crippen LogP contribution in [0, 0.1) is 6.92 Å². The molecule has 0 amide bonds. The molecule has 0 saturated heterocycles. The van der Waals surface area contributed by atoms with Crippen molar-refractivity contribution >= 4 is 33.5 Å². The topological polar surface area (TPSA) is 87.5 Å². The van der Waals surface area contributed by atoms with E-state index in [9.17, 15) is 14.4 Å². The van der Waals surface area contributed by atoms with E-state index in [0.717, 1.165) is 16.9 Å². The molecule has 3 rings (SSSR count). The Balaban J connectivity index is 1.82. The molecule has 0 radical (unpaired) electrons. The fourth-order valence-corrected chi connectivity index (χ4v) is 3.69. The molecular weight excluding hydrogens is 380 g/mol. The van der Waals surface area contributed by atoms with Crippen LogP contribution < -0.4 is 5.56 Å². The van der Waals surface area contributed by atoms with Gasteiger partial charge in [-0.2, -0.15) is 0 Å². The van der Waals surface area contributed by atoms with Crippen LogP contribution in [-0.4, -0.2) is 28.1 Å². The van der Waals surface area contributed by atoms with Crippen molar-refractivity contribution in [1.82, 2.24) is 9.55 Å². The number of hydrogen-bond donors (Lipinski definition) is 0. The first kappa shape index (κ1) is 19.8. The third-order valence-corrected chi connectivity index (χ3v) is 5.26. The zero-order valence-electron chi connectivity index (χ0n) is 15.6. The Morgan fingerprint density at radius 2 is 1.93 bits per heavy atom. The number of nitrogens with zero attached hydrogens (tertiary/aromatic N) is 2. The number of fused-ring (bicyclic) bond motifs is 1. The van der Waals surface area contributed by atoms with Crippen LogP contribution in [0.3, 0.4) is 0 Å². The fourth-order valence-electron chi connectivity index (χ4n) is 2.66. The molecule has 3 aromatic rings. The number of ether oxygens (including phenoxy) is 2. The second-order valence-corrected chi connectivity index (χ2v) is 7.20. The van der Waals surface area contributed by atoms with E-state index >= 15 is 0 Å². The molecule has 0 spiro atoms. The smallest absolute Gasteiger partial charge is 0.349 e. The summed E-state index contributed by atoms with van der Waals surface area (Å²) in [7, 11) is 0. The predicted molar refractivity (Wildman–Crippen MR) is 105 cm³/mol. The number of rotatable bonds is 7. The lowest BCUT2D eigenvalue weighted by Gasteiger charge is -2.06. The molecule has 0 unspecified atom stereocenters. The molecule has 0 fully saturated rings. The van der Waals surface area contributed by atoms with Gasteiger partial charge in [0.2, 0.25) is 0 Å². The minimum atomic E-state index is -0.502. The maximum absolute atomic E-state index is 12.7. The molecule has 0 saturated carbocycles. The van der Waals surface area contributed by atoms with Gasteiger partial charge in [0.05, 0.1) is 18.3 Å². The van der Waals surface area contributed by atoms with Crippen molar-refractivity contribution in [3.8, 4) is 0 Å². The lowest BCUT2D eigenvalue weighted by molar-refractivity contribution is -0.144. The molecule has 0 atom stereocenters. The van der Waals surface area contributed by atoms with E-state index in [2.05, 4.69) is 4.98 Å². The van der Waals surface area contributed by atoms with E-state index in [1.54, 1.807) is 6.92 Å². The Labute approximate surface area is 165 Å². The van der Waals surface area contributed by atoms with Gasteiger partial charge < -0.3 is 9.47 Å². The second-order valence-electron chi connectivity index (χ2n) is 6.20. The molecule has 2 heterocycles. The van der Waals surface area contributed by atoms with Crippen LogP contribution in [0.4, 0.5) is 0 Å². The minimum absolute atomic E-state index is 0.147. The highest BCUT2D eigenvalue weighted by Crippen LogP contribution is 2.27. The fraction of sp³-hybridized carbons (Fsp3) is 0.300. The zero-order valence-corrected chi connectivity index (χ0v) is 16.5. The summed E-state index contributed by atoms with van der Waals surface area (Å²) in [6, 6.07) is 9.35. The van der Waals surface area contributed by atoms with Gasteiger partial charge in [-0.05, 0) is 24.5 Å². The number of benzene rings is 1. The first-order chi connectivity index (χ1) is 13.5.